The molecule has 0 unspecified atom stereocenters. The maximum Gasteiger partial charge on any atom is 0.303 e. The standard InChI is InChI=1S/C10H9N3O3/c14-9(15)4-3-8-12-13-10(16-8)7-2-1-5-11-6-7/h1-2,5-6H,3-4H2,(H,14,15). The van der Waals surface area contributed by atoms with Crippen molar-refractivity contribution in [1.29, 1.82) is 0 Å². The Morgan fingerprint density at radius 1 is 1.44 bits per heavy atom. The summed E-state index contributed by atoms with van der Waals surface area (Å²) >= 11 is 0. The van der Waals surface area contributed by atoms with Crippen molar-refractivity contribution in [2.24, 2.45) is 0 Å². The van der Waals surface area contributed by atoms with Crippen molar-refractivity contribution in [3.63, 3.8) is 0 Å². The zero-order chi connectivity index (χ0) is 11.4. The van der Waals surface area contributed by atoms with Crippen LogP contribution in [0.5, 0.6) is 0 Å². The van der Waals surface area contributed by atoms with Crippen LogP contribution in [0, 0.1) is 0 Å². The molecule has 2 rings (SSSR count). The van der Waals surface area contributed by atoms with E-state index in [2.05, 4.69) is 15.2 Å². The molecular weight excluding hydrogens is 210 g/mol. The average Bonchev–Trinajstić information content (AvgIpc) is 2.76. The number of pyridine rings is 1. The highest BCUT2D eigenvalue weighted by molar-refractivity contribution is 5.66. The zero-order valence-electron chi connectivity index (χ0n) is 8.33. The van der Waals surface area contributed by atoms with E-state index < -0.39 is 5.97 Å². The topological polar surface area (TPSA) is 89.1 Å². The molecule has 6 nitrogen and oxygen atoms in total. The Morgan fingerprint density at radius 3 is 3.00 bits per heavy atom. The molecule has 2 aromatic rings. The van der Waals surface area contributed by atoms with E-state index in [0.29, 0.717) is 11.8 Å². The summed E-state index contributed by atoms with van der Waals surface area (Å²) < 4.78 is 5.29. The van der Waals surface area contributed by atoms with Crippen LogP contribution < -0.4 is 0 Å². The van der Waals surface area contributed by atoms with E-state index in [0.717, 1.165) is 5.56 Å². The van der Waals surface area contributed by atoms with Crippen molar-refractivity contribution in [2.75, 3.05) is 0 Å². The number of hydrogen-bond donors (Lipinski definition) is 1. The monoisotopic (exact) mass is 219 g/mol. The molecule has 0 spiro atoms. The van der Waals surface area contributed by atoms with Crippen molar-refractivity contribution in [1.82, 2.24) is 15.2 Å². The number of aromatic nitrogens is 3. The minimum Gasteiger partial charge on any atom is -0.481 e. The van der Waals surface area contributed by atoms with Crippen molar-refractivity contribution in [2.45, 2.75) is 12.8 Å². The van der Waals surface area contributed by atoms with Gasteiger partial charge in [-0.05, 0) is 12.1 Å². The lowest BCUT2D eigenvalue weighted by molar-refractivity contribution is -0.137. The van der Waals surface area contributed by atoms with E-state index in [1.807, 2.05) is 0 Å². The van der Waals surface area contributed by atoms with Gasteiger partial charge in [-0.25, -0.2) is 0 Å². The molecule has 0 aliphatic carbocycles. The molecule has 0 radical (unpaired) electrons. The fraction of sp³-hybridized carbons (Fsp3) is 0.200. The lowest BCUT2D eigenvalue weighted by Gasteiger charge is -1.91. The molecule has 0 aliphatic heterocycles. The zero-order valence-corrected chi connectivity index (χ0v) is 8.33. The number of carbonyl (C=O) groups is 1. The van der Waals surface area contributed by atoms with Crippen LogP contribution in [0.25, 0.3) is 11.5 Å². The van der Waals surface area contributed by atoms with E-state index in [1.165, 1.54) is 0 Å². The third-order valence-corrected chi connectivity index (χ3v) is 1.93. The largest absolute Gasteiger partial charge is 0.481 e. The Balaban J connectivity index is 2.11. The van der Waals surface area contributed by atoms with E-state index in [9.17, 15) is 4.79 Å². The summed E-state index contributed by atoms with van der Waals surface area (Å²) in [5.41, 5.74) is 0.719. The fourth-order valence-electron chi connectivity index (χ4n) is 1.17. The van der Waals surface area contributed by atoms with Gasteiger partial charge in [0, 0.05) is 18.8 Å². The first-order valence-electron chi connectivity index (χ1n) is 4.70. The van der Waals surface area contributed by atoms with E-state index in [4.69, 9.17) is 9.52 Å². The predicted octanol–water partition coefficient (Wildman–Crippen LogP) is 1.15. The summed E-state index contributed by atoms with van der Waals surface area (Å²) in [6, 6.07) is 3.55. The molecule has 82 valence electrons. The first-order chi connectivity index (χ1) is 7.75. The van der Waals surface area contributed by atoms with Crippen LogP contribution in [0.3, 0.4) is 0 Å². The van der Waals surface area contributed by atoms with E-state index >= 15 is 0 Å². The summed E-state index contributed by atoms with van der Waals surface area (Å²) in [5, 5.41) is 16.1. The normalized spacial score (nSPS) is 10.2. The van der Waals surface area contributed by atoms with Gasteiger partial charge in [-0.2, -0.15) is 0 Å². The highest BCUT2D eigenvalue weighted by atomic mass is 16.4. The molecule has 0 aromatic carbocycles. The third-order valence-electron chi connectivity index (χ3n) is 1.93. The molecule has 0 amide bonds. The summed E-state index contributed by atoms with van der Waals surface area (Å²) in [4.78, 5) is 14.3. The minimum atomic E-state index is -0.888. The van der Waals surface area contributed by atoms with Crippen LogP contribution in [-0.2, 0) is 11.2 Å². The number of rotatable bonds is 4. The molecule has 0 bridgehead atoms. The van der Waals surface area contributed by atoms with Crippen molar-refractivity contribution < 1.29 is 14.3 Å². The molecule has 0 saturated carbocycles. The molecule has 6 heteroatoms. The highest BCUT2D eigenvalue weighted by Gasteiger charge is 2.09. The first kappa shape index (κ1) is 10.3. The van der Waals surface area contributed by atoms with Gasteiger partial charge < -0.3 is 9.52 Å². The van der Waals surface area contributed by atoms with E-state index in [1.54, 1.807) is 24.5 Å². The molecule has 0 saturated heterocycles. The van der Waals surface area contributed by atoms with Crippen LogP contribution in [0.1, 0.15) is 12.3 Å². The van der Waals surface area contributed by atoms with Crippen LogP contribution in [0.2, 0.25) is 0 Å². The van der Waals surface area contributed by atoms with Gasteiger partial charge in [-0.15, -0.1) is 10.2 Å². The highest BCUT2D eigenvalue weighted by Crippen LogP contribution is 2.16. The van der Waals surface area contributed by atoms with Gasteiger partial charge in [0.05, 0.1) is 12.0 Å². The number of hydrogen-bond acceptors (Lipinski definition) is 5. The second-order valence-corrected chi connectivity index (χ2v) is 3.14. The van der Waals surface area contributed by atoms with Gasteiger partial charge in [0.25, 0.3) is 0 Å². The number of nitrogens with zero attached hydrogens (tertiary/aromatic N) is 3. The third kappa shape index (κ3) is 2.41. The molecule has 0 aliphatic rings. The van der Waals surface area contributed by atoms with Gasteiger partial charge in [-0.3, -0.25) is 9.78 Å². The maximum absolute atomic E-state index is 10.3. The molecule has 16 heavy (non-hydrogen) atoms. The Hall–Kier alpha value is -2.24. The molecule has 0 atom stereocenters. The number of aryl methyl sites for hydroxylation is 1. The molecule has 0 fully saturated rings. The van der Waals surface area contributed by atoms with E-state index in [-0.39, 0.29) is 12.8 Å². The summed E-state index contributed by atoms with van der Waals surface area (Å²) in [6.45, 7) is 0. The number of carboxylic acids is 1. The fourth-order valence-corrected chi connectivity index (χ4v) is 1.17. The van der Waals surface area contributed by atoms with Gasteiger partial charge in [0.15, 0.2) is 0 Å². The Kier molecular flexibility index (Phi) is 2.90. The summed E-state index contributed by atoms with van der Waals surface area (Å²) in [6.07, 6.45) is 3.47. The van der Waals surface area contributed by atoms with Gasteiger partial charge >= 0.3 is 5.97 Å². The number of carboxylic acid groups (broad SMARTS) is 1. The minimum absolute atomic E-state index is 0.0192. The average molecular weight is 219 g/mol. The van der Waals surface area contributed by atoms with Crippen LogP contribution in [0.4, 0.5) is 0 Å². The van der Waals surface area contributed by atoms with Gasteiger partial charge in [-0.1, -0.05) is 0 Å². The summed E-state index contributed by atoms with van der Waals surface area (Å²) in [5.74, 6) is -0.212. The predicted molar refractivity (Wildman–Crippen MR) is 53.5 cm³/mol. The maximum atomic E-state index is 10.3. The molecule has 1 N–H and O–H groups in total. The van der Waals surface area contributed by atoms with Crippen LogP contribution in [0.15, 0.2) is 28.9 Å². The second kappa shape index (κ2) is 4.52. The van der Waals surface area contributed by atoms with Gasteiger partial charge in [0.1, 0.15) is 0 Å². The smallest absolute Gasteiger partial charge is 0.303 e. The molecular formula is C10H9N3O3. The lowest BCUT2D eigenvalue weighted by Crippen LogP contribution is -1.97. The van der Waals surface area contributed by atoms with Gasteiger partial charge in [0.2, 0.25) is 11.8 Å². The van der Waals surface area contributed by atoms with Crippen molar-refractivity contribution in [3.05, 3.63) is 30.4 Å². The van der Waals surface area contributed by atoms with Crippen LogP contribution >= 0.6 is 0 Å². The molecule has 2 aromatic heterocycles. The Labute approximate surface area is 91.0 Å². The SMILES string of the molecule is O=C(O)CCc1nnc(-c2cccnc2)o1. The Morgan fingerprint density at radius 2 is 2.31 bits per heavy atom. The van der Waals surface area contributed by atoms with Crippen LogP contribution in [-0.4, -0.2) is 26.3 Å². The van der Waals surface area contributed by atoms with Crippen molar-refractivity contribution >= 4 is 5.97 Å². The number of aliphatic carboxylic acids is 1. The summed E-state index contributed by atoms with van der Waals surface area (Å²) in [7, 11) is 0. The molecule has 2 heterocycles. The lowest BCUT2D eigenvalue weighted by atomic mass is 10.3. The second-order valence-electron chi connectivity index (χ2n) is 3.14. The Bertz CT molecular complexity index is 481. The quantitative estimate of drug-likeness (QED) is 0.829. The first-order valence-corrected chi connectivity index (χ1v) is 4.70. The van der Waals surface area contributed by atoms with Crippen molar-refractivity contribution in [3.8, 4) is 11.5 Å².